The monoisotopic (exact) mass is 408 g/mol. The molecule has 0 atom stereocenters. The van der Waals surface area contributed by atoms with Gasteiger partial charge in [0.15, 0.2) is 5.65 Å². The van der Waals surface area contributed by atoms with Crippen molar-refractivity contribution in [3.05, 3.63) is 41.6 Å². The number of hydrogen-bond donors (Lipinski definition) is 3. The van der Waals surface area contributed by atoms with Crippen molar-refractivity contribution < 1.29 is 0 Å². The quantitative estimate of drug-likeness (QED) is 0.517. The summed E-state index contributed by atoms with van der Waals surface area (Å²) in [5.41, 5.74) is 9.73. The Kier molecular flexibility index (Phi) is 6.03. The molecule has 1 saturated carbocycles. The van der Waals surface area contributed by atoms with E-state index in [9.17, 15) is 0 Å². The number of rotatable bonds is 7. The Hall–Kier alpha value is -2.87. The number of nitrogens with zero attached hydrogens (tertiary/aromatic N) is 5. The second-order valence-electron chi connectivity index (χ2n) is 8.34. The molecule has 0 amide bonds. The van der Waals surface area contributed by atoms with Gasteiger partial charge >= 0.3 is 0 Å². The summed E-state index contributed by atoms with van der Waals surface area (Å²) in [6.07, 6.45) is 7.40. The van der Waals surface area contributed by atoms with Gasteiger partial charge in [0.2, 0.25) is 11.9 Å². The lowest BCUT2D eigenvalue weighted by atomic mass is 9.91. The van der Waals surface area contributed by atoms with Crippen LogP contribution in [0.15, 0.2) is 30.5 Å². The maximum Gasteiger partial charge on any atom is 0.229 e. The number of aryl methyl sites for hydroxylation is 1. The van der Waals surface area contributed by atoms with E-state index in [2.05, 4.69) is 41.7 Å². The number of nitrogens with two attached hydrogens (primary N) is 1. The lowest BCUT2D eigenvalue weighted by molar-refractivity contribution is 0.221. The molecule has 2 heterocycles. The molecule has 1 aliphatic carbocycles. The maximum atomic E-state index is 5.91. The first-order chi connectivity index (χ1) is 14.5. The molecular weight excluding hydrogens is 376 g/mol. The average Bonchev–Trinajstić information content (AvgIpc) is 3.15. The van der Waals surface area contributed by atoms with Gasteiger partial charge in [-0.25, -0.2) is 0 Å². The van der Waals surface area contributed by atoms with Crippen molar-refractivity contribution in [1.82, 2.24) is 24.5 Å². The second kappa shape index (κ2) is 8.87. The molecule has 0 aliphatic heterocycles. The Bertz CT molecular complexity index is 988. The average molecular weight is 409 g/mol. The number of nitrogens with one attached hydrogen (secondary N) is 2. The molecule has 8 nitrogen and oxygen atoms in total. The molecule has 1 aliphatic rings. The first kappa shape index (κ1) is 20.4. The lowest BCUT2D eigenvalue weighted by Gasteiger charge is -2.33. The topological polar surface area (TPSA) is 96.4 Å². The number of hydrogen-bond acceptors (Lipinski definition) is 7. The zero-order valence-corrected chi connectivity index (χ0v) is 18.1. The molecule has 0 saturated heterocycles. The minimum absolute atomic E-state index is 0.401. The first-order valence-corrected chi connectivity index (χ1v) is 10.8. The fourth-order valence-electron chi connectivity index (χ4n) is 4.15. The molecule has 8 heteroatoms. The maximum absolute atomic E-state index is 5.91. The summed E-state index contributed by atoms with van der Waals surface area (Å²) in [6, 6.07) is 8.93. The smallest absolute Gasteiger partial charge is 0.229 e. The standard InChI is InChI=1S/C22H32N8/c1-4-16-14-25-30-20(16)27-21(26-18-8-10-19(11-9-18)29(2)3)28-22(30)24-13-15-6-5-7-17(23)12-15/h5-7,12,14,18-19H,4,8-11,13,23H2,1-3H3,(H2,24,26,27,28)/t18-,19-. The second-order valence-corrected chi connectivity index (χ2v) is 8.34. The summed E-state index contributed by atoms with van der Waals surface area (Å²) in [7, 11) is 4.33. The number of nitrogen functional groups attached to an aromatic ring is 1. The summed E-state index contributed by atoms with van der Waals surface area (Å²) in [6.45, 7) is 2.74. The van der Waals surface area contributed by atoms with Crippen LogP contribution in [0.5, 0.6) is 0 Å². The van der Waals surface area contributed by atoms with Gasteiger partial charge in [-0.1, -0.05) is 19.1 Å². The van der Waals surface area contributed by atoms with Crippen LogP contribution in [0.1, 0.15) is 43.7 Å². The van der Waals surface area contributed by atoms with E-state index in [-0.39, 0.29) is 0 Å². The van der Waals surface area contributed by atoms with Crippen LogP contribution in [0.4, 0.5) is 17.6 Å². The van der Waals surface area contributed by atoms with Crippen molar-refractivity contribution in [2.45, 2.75) is 57.7 Å². The van der Waals surface area contributed by atoms with E-state index in [0.717, 1.165) is 41.7 Å². The van der Waals surface area contributed by atoms with E-state index in [0.29, 0.717) is 30.5 Å². The minimum atomic E-state index is 0.401. The van der Waals surface area contributed by atoms with Gasteiger partial charge in [-0.2, -0.15) is 19.6 Å². The van der Waals surface area contributed by atoms with Crippen molar-refractivity contribution in [1.29, 1.82) is 0 Å². The van der Waals surface area contributed by atoms with Gasteiger partial charge in [-0.05, 0) is 63.9 Å². The van der Waals surface area contributed by atoms with Crippen molar-refractivity contribution in [2.75, 3.05) is 30.5 Å². The summed E-state index contributed by atoms with van der Waals surface area (Å²) >= 11 is 0. The van der Waals surface area contributed by atoms with Crippen LogP contribution in [-0.2, 0) is 13.0 Å². The highest BCUT2D eigenvalue weighted by Gasteiger charge is 2.23. The van der Waals surface area contributed by atoms with E-state index in [1.54, 1.807) is 4.52 Å². The highest BCUT2D eigenvalue weighted by Crippen LogP contribution is 2.25. The van der Waals surface area contributed by atoms with Crippen LogP contribution >= 0.6 is 0 Å². The lowest BCUT2D eigenvalue weighted by Crippen LogP contribution is -2.36. The molecule has 2 aromatic heterocycles. The van der Waals surface area contributed by atoms with Gasteiger partial charge in [-0.15, -0.1) is 0 Å². The van der Waals surface area contributed by atoms with Crippen molar-refractivity contribution in [3.8, 4) is 0 Å². The van der Waals surface area contributed by atoms with E-state index >= 15 is 0 Å². The van der Waals surface area contributed by atoms with Gasteiger partial charge in [-0.3, -0.25) is 0 Å². The molecule has 0 unspecified atom stereocenters. The number of anilines is 3. The van der Waals surface area contributed by atoms with E-state index < -0.39 is 0 Å². The Balaban J connectivity index is 1.54. The summed E-state index contributed by atoms with van der Waals surface area (Å²) < 4.78 is 1.79. The molecule has 0 bridgehead atoms. The van der Waals surface area contributed by atoms with Crippen LogP contribution in [0.25, 0.3) is 5.65 Å². The Labute approximate surface area is 177 Å². The Morgan fingerprint density at radius 1 is 1.17 bits per heavy atom. The fraction of sp³-hybridized carbons (Fsp3) is 0.500. The number of aromatic nitrogens is 4. The molecule has 1 fully saturated rings. The predicted octanol–water partition coefficient (Wildman–Crippen LogP) is 3.17. The highest BCUT2D eigenvalue weighted by molar-refractivity contribution is 5.55. The molecular formula is C22H32N8. The number of benzene rings is 1. The largest absolute Gasteiger partial charge is 0.399 e. The highest BCUT2D eigenvalue weighted by atomic mass is 15.4. The normalized spacial score (nSPS) is 19.3. The Morgan fingerprint density at radius 3 is 2.67 bits per heavy atom. The minimum Gasteiger partial charge on any atom is -0.399 e. The van der Waals surface area contributed by atoms with Gasteiger partial charge in [0.1, 0.15) is 0 Å². The zero-order chi connectivity index (χ0) is 21.1. The van der Waals surface area contributed by atoms with Gasteiger partial charge < -0.3 is 21.3 Å². The van der Waals surface area contributed by atoms with Crippen LogP contribution in [0.3, 0.4) is 0 Å². The SMILES string of the molecule is CCc1cnn2c(NCc3cccc(N)c3)nc(N[C@H]3CC[C@H](N(C)C)CC3)nc12. The van der Waals surface area contributed by atoms with E-state index in [1.807, 2.05) is 30.5 Å². The molecule has 3 aromatic rings. The zero-order valence-electron chi connectivity index (χ0n) is 18.1. The van der Waals surface area contributed by atoms with Crippen LogP contribution in [-0.4, -0.2) is 50.7 Å². The molecule has 4 N–H and O–H groups in total. The Morgan fingerprint density at radius 2 is 1.97 bits per heavy atom. The van der Waals surface area contributed by atoms with Gasteiger partial charge in [0.25, 0.3) is 0 Å². The van der Waals surface area contributed by atoms with Crippen LogP contribution < -0.4 is 16.4 Å². The summed E-state index contributed by atoms with van der Waals surface area (Å²) in [4.78, 5) is 11.9. The fourth-order valence-corrected chi connectivity index (χ4v) is 4.15. The van der Waals surface area contributed by atoms with Crippen molar-refractivity contribution in [2.24, 2.45) is 0 Å². The third-order valence-electron chi connectivity index (χ3n) is 5.98. The van der Waals surface area contributed by atoms with E-state index in [4.69, 9.17) is 15.7 Å². The molecule has 1 aromatic carbocycles. The van der Waals surface area contributed by atoms with E-state index in [1.165, 1.54) is 12.8 Å². The van der Waals surface area contributed by atoms with Crippen molar-refractivity contribution >= 4 is 23.2 Å². The van der Waals surface area contributed by atoms with Crippen molar-refractivity contribution in [3.63, 3.8) is 0 Å². The molecule has 0 radical (unpaired) electrons. The summed E-state index contributed by atoms with van der Waals surface area (Å²) in [5.74, 6) is 1.35. The van der Waals surface area contributed by atoms with Gasteiger partial charge in [0.05, 0.1) is 6.20 Å². The molecule has 30 heavy (non-hydrogen) atoms. The predicted molar refractivity (Wildman–Crippen MR) is 122 cm³/mol. The molecule has 0 spiro atoms. The molecule has 4 rings (SSSR count). The van der Waals surface area contributed by atoms with Crippen LogP contribution in [0, 0.1) is 0 Å². The number of fused-ring (bicyclic) bond motifs is 1. The third kappa shape index (κ3) is 4.48. The molecule has 160 valence electrons. The van der Waals surface area contributed by atoms with Crippen LogP contribution in [0.2, 0.25) is 0 Å². The third-order valence-corrected chi connectivity index (χ3v) is 5.98. The first-order valence-electron chi connectivity index (χ1n) is 10.8. The summed E-state index contributed by atoms with van der Waals surface area (Å²) in [5, 5.41) is 11.5. The van der Waals surface area contributed by atoms with Gasteiger partial charge in [0, 0.05) is 29.9 Å².